The Morgan fingerprint density at radius 2 is 0.587 bits per heavy atom. The summed E-state index contributed by atoms with van der Waals surface area (Å²) >= 11 is 3.97. The van der Waals surface area contributed by atoms with Crippen molar-refractivity contribution in [1.82, 2.24) is 0 Å². The van der Waals surface area contributed by atoms with Crippen LogP contribution in [0, 0.1) is 0 Å². The molecule has 0 bridgehead atoms. The first-order valence-corrected chi connectivity index (χ1v) is 38.7. The van der Waals surface area contributed by atoms with E-state index in [2.05, 4.69) is 446 Å². The topological polar surface area (TPSA) is 21.8 Å². The number of para-hydroxylation sites is 8. The fraction of sp³-hybridized carbons (Fsp3) is 0.0769. The van der Waals surface area contributed by atoms with E-state index in [0.717, 1.165) is 32.9 Å². The molecule has 0 saturated carbocycles. The lowest BCUT2D eigenvalue weighted by Crippen LogP contribution is -2.37. The number of rotatable bonds is 7. The van der Waals surface area contributed by atoms with E-state index < -0.39 is 5.41 Å². The molecule has 0 amide bonds. The van der Waals surface area contributed by atoms with E-state index in [1.807, 2.05) is 6.07 Å². The highest BCUT2D eigenvalue weighted by Gasteiger charge is 2.55. The first kappa shape index (κ1) is 65.7. The van der Waals surface area contributed by atoms with E-state index in [9.17, 15) is 0 Å². The Hall–Kier alpha value is -12.8. The van der Waals surface area contributed by atoms with Crippen LogP contribution >= 0.6 is 15.9 Å². The minimum Gasteiger partial charge on any atom is -0.356 e. The Bertz CT molecular complexity index is 6160. The van der Waals surface area contributed by atoms with Crippen molar-refractivity contribution in [3.63, 3.8) is 0 Å². The molecule has 2 heterocycles. The molecule has 109 heavy (non-hydrogen) atoms. The molecule has 1 N–H and O–H groups in total. The zero-order chi connectivity index (χ0) is 73.2. The van der Waals surface area contributed by atoms with Gasteiger partial charge < -0.3 is 20.0 Å². The summed E-state index contributed by atoms with van der Waals surface area (Å²) in [5, 5.41) is 3.50. The van der Waals surface area contributed by atoms with Gasteiger partial charge in [0.25, 0.3) is 0 Å². The van der Waals surface area contributed by atoms with Gasteiger partial charge in [0.2, 0.25) is 0 Å². The minimum absolute atomic E-state index is 0.0559. The highest BCUT2D eigenvalue weighted by atomic mass is 79.9. The van der Waals surface area contributed by atoms with E-state index in [4.69, 9.17) is 0 Å². The van der Waals surface area contributed by atoms with Crippen LogP contribution in [-0.2, 0) is 21.7 Å². The van der Waals surface area contributed by atoms with Gasteiger partial charge in [0.15, 0.2) is 0 Å². The summed E-state index contributed by atoms with van der Waals surface area (Å²) in [7, 11) is 0. The molecular formula is C104H77BrN4. The fourth-order valence-corrected chi connectivity index (χ4v) is 20.1. The quantitative estimate of drug-likeness (QED) is 0.172. The number of anilines is 11. The molecule has 0 aromatic heterocycles. The van der Waals surface area contributed by atoms with Crippen molar-refractivity contribution in [2.45, 2.75) is 49.4 Å². The summed E-state index contributed by atoms with van der Waals surface area (Å²) in [6.07, 6.45) is 0. The first-order valence-electron chi connectivity index (χ1n) is 37.9. The Kier molecular flexibility index (Phi) is 15.5. The molecule has 16 aromatic carbocycles. The van der Waals surface area contributed by atoms with Gasteiger partial charge in [-0.2, -0.15) is 0 Å². The number of fused-ring (bicyclic) bond motifs is 24. The van der Waals surface area contributed by atoms with Gasteiger partial charge in [-0.05, 0) is 215 Å². The molecule has 6 aliphatic rings. The molecule has 0 radical (unpaired) electrons. The Labute approximate surface area is 647 Å². The molecule has 0 atom stereocenters. The molecule has 4 aliphatic carbocycles. The van der Waals surface area contributed by atoms with Crippen molar-refractivity contribution >= 4 is 78.5 Å². The number of halogens is 1. The number of nitrogens with one attached hydrogen (secondary N) is 1. The monoisotopic (exact) mass is 1460 g/mol. The van der Waals surface area contributed by atoms with Crippen LogP contribution in [0.15, 0.2) is 393 Å². The van der Waals surface area contributed by atoms with Gasteiger partial charge in [0.05, 0.1) is 39.3 Å². The van der Waals surface area contributed by atoms with Gasteiger partial charge in [-0.15, -0.1) is 0 Å². The zero-order valence-electron chi connectivity index (χ0n) is 61.2. The second-order valence-electron chi connectivity index (χ2n) is 30.4. The van der Waals surface area contributed by atoms with Gasteiger partial charge in [0.1, 0.15) is 0 Å². The van der Waals surface area contributed by atoms with Crippen LogP contribution in [0.25, 0.3) is 44.5 Å². The second kappa shape index (κ2) is 25.7. The predicted octanol–water partition coefficient (Wildman–Crippen LogP) is 27.9. The highest BCUT2D eigenvalue weighted by molar-refractivity contribution is 9.10. The number of hydrogen-bond donors (Lipinski definition) is 1. The molecule has 16 aromatic rings. The smallest absolute Gasteiger partial charge is 0.0774 e. The maximum atomic E-state index is 3.97. The van der Waals surface area contributed by atoms with Gasteiger partial charge in [-0.25, -0.2) is 0 Å². The molecular weight excluding hydrogens is 1390 g/mol. The lowest BCUT2D eigenvalue weighted by molar-refractivity contribution is 0.660. The maximum Gasteiger partial charge on any atom is 0.0774 e. The van der Waals surface area contributed by atoms with E-state index in [1.165, 1.54) is 145 Å². The van der Waals surface area contributed by atoms with Crippen molar-refractivity contribution in [3.05, 3.63) is 459 Å². The summed E-state index contributed by atoms with van der Waals surface area (Å²) in [4.78, 5) is 7.38. The SMILES string of the molecule is Brc1cccc2c1C1(c3ccccc3-2)c2ccccc2N(c2ccccc2)c2ccccc21.CC1(C)c2ccccc2-c2ccc(N(c3ccccc3)c3cccc4c3C3(c5ccccc5-4)c4ccccc4N(c4ccccc4)c4ccccc43)cc21.CC1(C)c2ccccc2-c2ccc(Nc3ccccc3)cc21. The molecule has 0 unspecified atom stereocenters. The van der Waals surface area contributed by atoms with Crippen LogP contribution in [0.2, 0.25) is 0 Å². The molecule has 4 nitrogen and oxygen atoms in total. The van der Waals surface area contributed by atoms with Gasteiger partial charge >= 0.3 is 0 Å². The van der Waals surface area contributed by atoms with E-state index in [0.29, 0.717) is 0 Å². The van der Waals surface area contributed by atoms with Crippen LogP contribution in [0.5, 0.6) is 0 Å². The summed E-state index contributed by atoms with van der Waals surface area (Å²) in [5.41, 5.74) is 38.5. The molecule has 2 spiro atoms. The normalized spacial score (nSPS) is 14.5. The van der Waals surface area contributed by atoms with Crippen LogP contribution < -0.4 is 20.0 Å². The van der Waals surface area contributed by atoms with Crippen molar-refractivity contribution in [3.8, 4) is 44.5 Å². The molecule has 0 saturated heterocycles. The van der Waals surface area contributed by atoms with E-state index in [-0.39, 0.29) is 16.2 Å². The van der Waals surface area contributed by atoms with Gasteiger partial charge in [0, 0.05) is 55.0 Å². The van der Waals surface area contributed by atoms with Crippen molar-refractivity contribution < 1.29 is 0 Å². The first-order chi connectivity index (χ1) is 53.6. The maximum absolute atomic E-state index is 3.97. The molecule has 5 heteroatoms. The molecule has 0 fully saturated rings. The number of benzene rings is 16. The average molecular weight is 1460 g/mol. The highest BCUT2D eigenvalue weighted by Crippen LogP contribution is 2.68. The number of hydrogen-bond acceptors (Lipinski definition) is 4. The summed E-state index contributed by atoms with van der Waals surface area (Å²) in [5.74, 6) is 0. The summed E-state index contributed by atoms with van der Waals surface area (Å²) in [6.45, 7) is 9.36. The van der Waals surface area contributed by atoms with Crippen LogP contribution in [0.1, 0.15) is 94.5 Å². The summed E-state index contributed by atoms with van der Waals surface area (Å²) in [6, 6.07) is 142. The number of nitrogens with zero attached hydrogens (tertiary/aromatic N) is 3. The third-order valence-electron chi connectivity index (χ3n) is 24.0. The molecule has 2 aliphatic heterocycles. The second-order valence-corrected chi connectivity index (χ2v) is 31.2. The average Bonchev–Trinajstić information content (AvgIpc) is 1.55. The third-order valence-corrected chi connectivity index (χ3v) is 24.7. The lowest BCUT2D eigenvalue weighted by Gasteiger charge is -2.46. The third kappa shape index (κ3) is 9.89. The largest absolute Gasteiger partial charge is 0.356 e. The summed E-state index contributed by atoms with van der Waals surface area (Å²) < 4.78 is 1.15. The zero-order valence-corrected chi connectivity index (χ0v) is 62.8. The van der Waals surface area contributed by atoms with Gasteiger partial charge in [-0.1, -0.05) is 323 Å². The van der Waals surface area contributed by atoms with Crippen LogP contribution in [-0.4, -0.2) is 0 Å². The Balaban J connectivity index is 0.000000120. The van der Waals surface area contributed by atoms with Gasteiger partial charge in [-0.3, -0.25) is 0 Å². The standard InChI is InChI=1S/C52H38N2.C31H20BrN.C21H19N/c1-51(2)42-25-11-9-22-38(42)40-33-32-37(34-46(40)51)53(35-18-5-3-6-19-35)49-31-17-24-41-39-23-10-12-26-43(39)52(50(41)49)44-27-13-15-29-47(44)54(36-20-7-4-8-21-36)48-30-16-14-28-45(48)52;32-27-18-10-14-23-22-13-4-5-15-24(22)31(30(23)27)25-16-6-8-19-28(25)33(21-11-2-1-3-12-21)29-20-9-7-17-26(29)31;1-21(2)19-11-7-6-10-17(19)18-13-12-16(14-20(18)21)22-15-8-4-3-5-9-15/h3-34H,1-2H3;1-20H;3-14,22H,1-2H3. The van der Waals surface area contributed by atoms with E-state index >= 15 is 0 Å². The predicted molar refractivity (Wildman–Crippen MR) is 458 cm³/mol. The lowest BCUT2D eigenvalue weighted by atomic mass is 9.64. The molecule has 22 rings (SSSR count). The van der Waals surface area contributed by atoms with Crippen LogP contribution in [0.3, 0.4) is 0 Å². The fourth-order valence-electron chi connectivity index (χ4n) is 19.5. The van der Waals surface area contributed by atoms with Crippen LogP contribution in [0.4, 0.5) is 62.6 Å². The van der Waals surface area contributed by atoms with Crippen molar-refractivity contribution in [2.24, 2.45) is 0 Å². The Morgan fingerprint density at radius 3 is 1.06 bits per heavy atom. The van der Waals surface area contributed by atoms with Crippen molar-refractivity contribution in [2.75, 3.05) is 20.0 Å². The molecule has 520 valence electrons. The van der Waals surface area contributed by atoms with E-state index in [1.54, 1.807) is 0 Å². The van der Waals surface area contributed by atoms with Crippen molar-refractivity contribution in [1.29, 1.82) is 0 Å². The minimum atomic E-state index is -0.583. The Morgan fingerprint density at radius 1 is 0.248 bits per heavy atom.